The first-order chi connectivity index (χ1) is 19.8. The van der Waals surface area contributed by atoms with Crippen molar-refractivity contribution in [2.75, 3.05) is 6.61 Å². The molecule has 226 valence electrons. The maximum absolute atomic E-state index is 14.7. The van der Waals surface area contributed by atoms with E-state index in [1.54, 1.807) is 12.1 Å². The van der Waals surface area contributed by atoms with Crippen LogP contribution in [0.3, 0.4) is 0 Å². The number of ether oxygens (including phenoxy) is 3. The minimum Gasteiger partial charge on any atom is -0.494 e. The quantitative estimate of drug-likeness (QED) is 0.108. The fourth-order valence-electron chi connectivity index (χ4n) is 5.32. The predicted molar refractivity (Wildman–Crippen MR) is 161 cm³/mol. The number of hydrogen-bond donors (Lipinski definition) is 0. The molecule has 1 saturated carbocycles. The van der Waals surface area contributed by atoms with Crippen molar-refractivity contribution in [3.8, 4) is 11.5 Å². The zero-order valence-corrected chi connectivity index (χ0v) is 25.3. The van der Waals surface area contributed by atoms with E-state index in [9.17, 15) is 14.0 Å². The number of alkyl halides is 1. The molecule has 0 aromatic heterocycles. The van der Waals surface area contributed by atoms with Crippen LogP contribution in [0.1, 0.15) is 133 Å². The minimum atomic E-state index is -2.03. The third-order valence-corrected chi connectivity index (χ3v) is 8.04. The molecule has 0 spiro atoms. The summed E-state index contributed by atoms with van der Waals surface area (Å²) >= 11 is 0. The van der Waals surface area contributed by atoms with Crippen LogP contribution in [0.2, 0.25) is 0 Å². The van der Waals surface area contributed by atoms with Crippen molar-refractivity contribution in [3.63, 3.8) is 0 Å². The Morgan fingerprint density at radius 1 is 0.780 bits per heavy atom. The van der Waals surface area contributed by atoms with E-state index >= 15 is 0 Å². The predicted octanol–water partition coefficient (Wildman–Crippen LogP) is 9.52. The Hall–Kier alpha value is -2.89. The fourth-order valence-corrected chi connectivity index (χ4v) is 5.32. The van der Waals surface area contributed by atoms with Crippen molar-refractivity contribution in [1.82, 2.24) is 0 Å². The summed E-state index contributed by atoms with van der Waals surface area (Å²) in [7, 11) is 0. The van der Waals surface area contributed by atoms with Gasteiger partial charge < -0.3 is 14.2 Å². The van der Waals surface area contributed by atoms with Crippen LogP contribution < -0.4 is 9.47 Å². The normalized spacial score (nSPS) is 18.3. The molecule has 2 aromatic rings. The van der Waals surface area contributed by atoms with Crippen molar-refractivity contribution in [2.45, 2.75) is 128 Å². The Morgan fingerprint density at radius 2 is 1.37 bits per heavy atom. The highest BCUT2D eigenvalue weighted by molar-refractivity contribution is 5.90. The van der Waals surface area contributed by atoms with Gasteiger partial charge in [0, 0.05) is 0 Å². The molecule has 1 atom stereocenters. The third-order valence-electron chi connectivity index (χ3n) is 8.04. The van der Waals surface area contributed by atoms with Crippen LogP contribution in [0.5, 0.6) is 11.5 Å². The summed E-state index contributed by atoms with van der Waals surface area (Å²) in [6.07, 6.45) is 13.6. The van der Waals surface area contributed by atoms with Crippen LogP contribution >= 0.6 is 0 Å². The molecule has 5 nitrogen and oxygen atoms in total. The highest BCUT2D eigenvalue weighted by Crippen LogP contribution is 2.35. The minimum absolute atomic E-state index is 0.119. The molecular weight excluding hydrogens is 519 g/mol. The van der Waals surface area contributed by atoms with Crippen LogP contribution in [0.4, 0.5) is 4.39 Å². The number of halogens is 1. The molecular formula is C35H49FO5. The van der Waals surface area contributed by atoms with Gasteiger partial charge in [-0.1, -0.05) is 70.9 Å². The van der Waals surface area contributed by atoms with Gasteiger partial charge in [0.05, 0.1) is 12.2 Å². The van der Waals surface area contributed by atoms with Crippen molar-refractivity contribution in [2.24, 2.45) is 0 Å². The largest absolute Gasteiger partial charge is 0.494 e. The van der Waals surface area contributed by atoms with Gasteiger partial charge in [-0.15, -0.1) is 0 Å². The topological polar surface area (TPSA) is 61.8 Å². The second-order valence-electron chi connectivity index (χ2n) is 11.6. The summed E-state index contributed by atoms with van der Waals surface area (Å²) in [6, 6.07) is 14.6. The van der Waals surface area contributed by atoms with Crippen molar-refractivity contribution >= 4 is 11.9 Å². The summed E-state index contributed by atoms with van der Waals surface area (Å²) in [4.78, 5) is 25.0. The Kier molecular flexibility index (Phi) is 13.6. The molecule has 41 heavy (non-hydrogen) atoms. The lowest BCUT2D eigenvalue weighted by molar-refractivity contribution is -0.147. The highest BCUT2D eigenvalue weighted by Gasteiger charge is 2.34. The van der Waals surface area contributed by atoms with Crippen LogP contribution in [-0.4, -0.2) is 30.3 Å². The van der Waals surface area contributed by atoms with Crippen LogP contribution in [0.15, 0.2) is 48.5 Å². The Bertz CT molecular complexity index is 1040. The molecule has 0 radical (unpaired) electrons. The summed E-state index contributed by atoms with van der Waals surface area (Å²) in [5, 5.41) is 0. The van der Waals surface area contributed by atoms with Crippen molar-refractivity contribution in [3.05, 3.63) is 59.7 Å². The lowest BCUT2D eigenvalue weighted by Gasteiger charge is -2.28. The van der Waals surface area contributed by atoms with Crippen LogP contribution in [-0.2, 0) is 9.53 Å². The standard InChI is InChI=1S/C35H49FO5/c1-4-6-8-9-10-12-26-39-30-19-13-27(14-20-30)28-15-21-31(22-16-28)40-33(37)29-17-23-32(24-18-29)41-34(38)35(3,36)25-11-7-5-2/h13-14,17-20,23-24,28,31H,4-12,15-16,21-22,25-26H2,1-3H3. The molecule has 0 bridgehead atoms. The molecule has 1 fully saturated rings. The maximum Gasteiger partial charge on any atom is 0.348 e. The lowest BCUT2D eigenvalue weighted by atomic mass is 9.83. The molecule has 0 N–H and O–H groups in total. The Morgan fingerprint density at radius 3 is 2.02 bits per heavy atom. The van der Waals surface area contributed by atoms with Gasteiger partial charge in [0.1, 0.15) is 17.6 Å². The molecule has 2 aromatic carbocycles. The van der Waals surface area contributed by atoms with E-state index in [-0.39, 0.29) is 18.3 Å². The molecule has 0 heterocycles. The molecule has 1 aliphatic carbocycles. The van der Waals surface area contributed by atoms with Gasteiger partial charge in [-0.25, -0.2) is 14.0 Å². The molecule has 0 saturated heterocycles. The zero-order valence-electron chi connectivity index (χ0n) is 25.3. The van der Waals surface area contributed by atoms with Gasteiger partial charge in [-0.2, -0.15) is 0 Å². The molecule has 0 aliphatic heterocycles. The number of esters is 2. The van der Waals surface area contributed by atoms with Crippen molar-refractivity contribution < 1.29 is 28.2 Å². The van der Waals surface area contributed by atoms with E-state index in [0.717, 1.165) is 57.3 Å². The van der Waals surface area contributed by atoms with Gasteiger partial charge >= 0.3 is 11.9 Å². The van der Waals surface area contributed by atoms with Gasteiger partial charge in [0.2, 0.25) is 5.67 Å². The van der Waals surface area contributed by atoms with E-state index in [1.807, 2.05) is 6.92 Å². The Balaban J connectivity index is 1.37. The summed E-state index contributed by atoms with van der Waals surface area (Å²) in [5.74, 6) is 0.292. The smallest absolute Gasteiger partial charge is 0.348 e. The van der Waals surface area contributed by atoms with E-state index in [1.165, 1.54) is 56.7 Å². The maximum atomic E-state index is 14.7. The summed E-state index contributed by atoms with van der Waals surface area (Å²) in [5.41, 5.74) is -0.342. The first-order valence-corrected chi connectivity index (χ1v) is 15.8. The summed E-state index contributed by atoms with van der Waals surface area (Å²) < 4.78 is 31.6. The van der Waals surface area contributed by atoms with Crippen LogP contribution in [0, 0.1) is 0 Å². The number of unbranched alkanes of at least 4 members (excludes halogenated alkanes) is 7. The first kappa shape index (κ1) is 32.6. The highest BCUT2D eigenvalue weighted by atomic mass is 19.1. The Labute approximate surface area is 246 Å². The number of carbonyl (C=O) groups excluding carboxylic acids is 2. The van der Waals surface area contributed by atoms with Crippen LogP contribution in [0.25, 0.3) is 0 Å². The third kappa shape index (κ3) is 11.1. The number of rotatable bonds is 17. The second-order valence-corrected chi connectivity index (χ2v) is 11.6. The second kappa shape index (κ2) is 17.2. The van der Waals surface area contributed by atoms with Gasteiger partial charge in [-0.3, -0.25) is 0 Å². The fraction of sp³-hybridized carbons (Fsp3) is 0.600. The number of hydrogen-bond acceptors (Lipinski definition) is 5. The molecule has 6 heteroatoms. The molecule has 3 rings (SSSR count). The number of benzene rings is 2. The molecule has 0 amide bonds. The average Bonchev–Trinajstić information content (AvgIpc) is 2.98. The monoisotopic (exact) mass is 568 g/mol. The van der Waals surface area contributed by atoms with Gasteiger partial charge in [0.25, 0.3) is 0 Å². The summed E-state index contributed by atoms with van der Waals surface area (Å²) in [6.45, 7) is 6.29. The van der Waals surface area contributed by atoms with E-state index < -0.39 is 17.6 Å². The first-order valence-electron chi connectivity index (χ1n) is 15.8. The van der Waals surface area contributed by atoms with E-state index in [0.29, 0.717) is 17.9 Å². The number of carbonyl (C=O) groups is 2. The van der Waals surface area contributed by atoms with E-state index in [4.69, 9.17) is 14.2 Å². The van der Waals surface area contributed by atoms with Crippen molar-refractivity contribution in [1.29, 1.82) is 0 Å². The SMILES string of the molecule is CCCCCCCCOc1ccc(C2CCC(OC(=O)c3ccc(OC(=O)C(C)(F)CCCCC)cc3)CC2)cc1. The zero-order chi connectivity index (χ0) is 29.5. The van der Waals surface area contributed by atoms with E-state index in [2.05, 4.69) is 31.2 Å². The van der Waals surface area contributed by atoms with Gasteiger partial charge in [0.15, 0.2) is 0 Å². The lowest BCUT2D eigenvalue weighted by Crippen LogP contribution is -2.34. The molecule has 1 aliphatic rings. The average molecular weight is 569 g/mol. The van der Waals surface area contributed by atoms with Gasteiger partial charge in [-0.05, 0) is 99.7 Å². The molecule has 1 unspecified atom stereocenters.